The summed E-state index contributed by atoms with van der Waals surface area (Å²) in [7, 11) is 0. The molecule has 0 N–H and O–H groups in total. The second-order valence-corrected chi connectivity index (χ2v) is 7.62. The molecule has 1 rings (SSSR count). The first-order chi connectivity index (χ1) is 7.18. The zero-order valence-corrected chi connectivity index (χ0v) is 11.7. The van der Waals surface area contributed by atoms with Gasteiger partial charge < -0.3 is 0 Å². The van der Waals surface area contributed by atoms with Gasteiger partial charge in [0, 0.05) is 0 Å². The highest BCUT2D eigenvalue weighted by Gasteiger charge is 2.38. The molecule has 0 bridgehead atoms. The first kappa shape index (κ1) is 13.6. The Labute approximate surface area is 101 Å². The lowest BCUT2D eigenvalue weighted by molar-refractivity contribution is 0.125. The first-order valence-electron chi connectivity index (χ1n) is 6.59. The topological polar surface area (TPSA) is 23.8 Å². The van der Waals surface area contributed by atoms with E-state index >= 15 is 0 Å². The molecule has 0 aromatic carbocycles. The minimum atomic E-state index is -0.0111. The van der Waals surface area contributed by atoms with Crippen LogP contribution in [0.5, 0.6) is 0 Å². The predicted octanol–water partition coefficient (Wildman–Crippen LogP) is 4.92. The third kappa shape index (κ3) is 3.81. The standard InChI is InChI=1S/C15H27N/c1-13(2,3)6-9-15(12-16)10-7-14(4,5)8-11-15/h6-11H2,1-5H3. The van der Waals surface area contributed by atoms with E-state index < -0.39 is 0 Å². The molecular weight excluding hydrogens is 194 g/mol. The SMILES string of the molecule is CC(C)(C)CCC1(C#N)CCC(C)(C)CC1. The van der Waals surface area contributed by atoms with Gasteiger partial charge in [0.2, 0.25) is 0 Å². The van der Waals surface area contributed by atoms with E-state index in [4.69, 9.17) is 0 Å². The van der Waals surface area contributed by atoms with Gasteiger partial charge in [0.05, 0.1) is 11.5 Å². The third-order valence-electron chi connectivity index (χ3n) is 4.15. The van der Waals surface area contributed by atoms with Crippen molar-refractivity contribution in [2.75, 3.05) is 0 Å². The van der Waals surface area contributed by atoms with Gasteiger partial charge in [-0.3, -0.25) is 0 Å². The van der Waals surface area contributed by atoms with E-state index in [0.717, 1.165) is 19.3 Å². The summed E-state index contributed by atoms with van der Waals surface area (Å²) in [6.07, 6.45) is 6.89. The molecule has 0 unspecified atom stereocenters. The van der Waals surface area contributed by atoms with Gasteiger partial charge in [0.1, 0.15) is 0 Å². The van der Waals surface area contributed by atoms with Gasteiger partial charge in [0.15, 0.2) is 0 Å². The maximum absolute atomic E-state index is 9.46. The minimum absolute atomic E-state index is 0.0111. The van der Waals surface area contributed by atoms with Crippen LogP contribution >= 0.6 is 0 Å². The Balaban J connectivity index is 2.58. The maximum Gasteiger partial charge on any atom is 0.0689 e. The fourth-order valence-corrected chi connectivity index (χ4v) is 2.44. The molecule has 0 aromatic heterocycles. The van der Waals surface area contributed by atoms with Crippen molar-refractivity contribution < 1.29 is 0 Å². The van der Waals surface area contributed by atoms with Gasteiger partial charge in [-0.1, -0.05) is 34.6 Å². The Hall–Kier alpha value is -0.510. The molecule has 1 aliphatic rings. The van der Waals surface area contributed by atoms with E-state index in [0.29, 0.717) is 10.8 Å². The van der Waals surface area contributed by atoms with Crippen molar-refractivity contribution in [3.63, 3.8) is 0 Å². The summed E-state index contributed by atoms with van der Waals surface area (Å²) in [5, 5.41) is 9.46. The van der Waals surface area contributed by atoms with Crippen molar-refractivity contribution in [3.8, 4) is 6.07 Å². The third-order valence-corrected chi connectivity index (χ3v) is 4.15. The van der Waals surface area contributed by atoms with E-state index in [1.165, 1.54) is 19.3 Å². The predicted molar refractivity (Wildman–Crippen MR) is 69.0 cm³/mol. The molecule has 1 nitrogen and oxygen atoms in total. The second kappa shape index (κ2) is 4.40. The van der Waals surface area contributed by atoms with Gasteiger partial charge in [-0.05, 0) is 49.4 Å². The van der Waals surface area contributed by atoms with Gasteiger partial charge >= 0.3 is 0 Å². The molecule has 0 spiro atoms. The van der Waals surface area contributed by atoms with Crippen molar-refractivity contribution in [2.45, 2.75) is 73.1 Å². The number of hydrogen-bond donors (Lipinski definition) is 0. The molecule has 1 heteroatoms. The molecule has 0 aliphatic heterocycles. The van der Waals surface area contributed by atoms with Crippen LogP contribution in [0.2, 0.25) is 0 Å². The van der Waals surface area contributed by atoms with Crippen LogP contribution in [-0.2, 0) is 0 Å². The van der Waals surface area contributed by atoms with Crippen LogP contribution in [-0.4, -0.2) is 0 Å². The molecular formula is C15H27N. The highest BCUT2D eigenvalue weighted by molar-refractivity contribution is 5.03. The molecule has 0 aromatic rings. The Bertz CT molecular complexity index is 265. The first-order valence-corrected chi connectivity index (χ1v) is 6.59. The lowest BCUT2D eigenvalue weighted by atomic mass is 9.63. The molecule has 0 saturated heterocycles. The van der Waals surface area contributed by atoms with Crippen LogP contribution in [0.3, 0.4) is 0 Å². The van der Waals surface area contributed by atoms with Crippen LogP contribution in [0.25, 0.3) is 0 Å². The monoisotopic (exact) mass is 221 g/mol. The minimum Gasteiger partial charge on any atom is -0.198 e. The summed E-state index contributed by atoms with van der Waals surface area (Å²) < 4.78 is 0. The summed E-state index contributed by atoms with van der Waals surface area (Å²) in [5.74, 6) is 0. The molecule has 1 aliphatic carbocycles. The van der Waals surface area contributed by atoms with Crippen molar-refractivity contribution in [2.24, 2.45) is 16.2 Å². The number of hydrogen-bond acceptors (Lipinski definition) is 1. The highest BCUT2D eigenvalue weighted by Crippen LogP contribution is 2.48. The summed E-state index contributed by atoms with van der Waals surface area (Å²) in [4.78, 5) is 0. The fraction of sp³-hybridized carbons (Fsp3) is 0.933. The Kier molecular flexibility index (Phi) is 3.72. The molecule has 0 radical (unpaired) electrons. The number of rotatable bonds is 2. The van der Waals surface area contributed by atoms with E-state index in [2.05, 4.69) is 40.7 Å². The van der Waals surface area contributed by atoms with E-state index in [-0.39, 0.29) is 5.41 Å². The molecule has 0 atom stereocenters. The summed E-state index contributed by atoms with van der Waals surface area (Å²) >= 11 is 0. The van der Waals surface area contributed by atoms with Gasteiger partial charge in [-0.2, -0.15) is 5.26 Å². The zero-order valence-electron chi connectivity index (χ0n) is 11.7. The van der Waals surface area contributed by atoms with Gasteiger partial charge in [-0.15, -0.1) is 0 Å². The lowest BCUT2D eigenvalue weighted by Gasteiger charge is -2.40. The van der Waals surface area contributed by atoms with Gasteiger partial charge in [0.25, 0.3) is 0 Å². The molecule has 16 heavy (non-hydrogen) atoms. The Morgan fingerprint density at radius 1 is 1.06 bits per heavy atom. The summed E-state index contributed by atoms with van der Waals surface area (Å²) in [6.45, 7) is 11.5. The van der Waals surface area contributed by atoms with Crippen LogP contribution < -0.4 is 0 Å². The van der Waals surface area contributed by atoms with Crippen molar-refractivity contribution in [1.82, 2.24) is 0 Å². The van der Waals surface area contributed by atoms with Crippen LogP contribution in [0.1, 0.15) is 73.1 Å². The average molecular weight is 221 g/mol. The average Bonchev–Trinajstić information content (AvgIpc) is 2.16. The summed E-state index contributed by atoms with van der Waals surface area (Å²) in [5.41, 5.74) is 0.807. The fourth-order valence-electron chi connectivity index (χ4n) is 2.44. The largest absolute Gasteiger partial charge is 0.198 e. The van der Waals surface area contributed by atoms with Crippen molar-refractivity contribution >= 4 is 0 Å². The number of nitrogens with zero attached hydrogens (tertiary/aromatic N) is 1. The van der Waals surface area contributed by atoms with E-state index in [1.807, 2.05) is 0 Å². The highest BCUT2D eigenvalue weighted by atomic mass is 14.4. The van der Waals surface area contributed by atoms with Crippen LogP contribution in [0.15, 0.2) is 0 Å². The zero-order chi connectivity index (χ0) is 12.4. The maximum atomic E-state index is 9.46. The summed E-state index contributed by atoms with van der Waals surface area (Å²) in [6, 6.07) is 2.63. The van der Waals surface area contributed by atoms with Crippen molar-refractivity contribution in [3.05, 3.63) is 0 Å². The molecule has 92 valence electrons. The lowest BCUT2D eigenvalue weighted by Crippen LogP contribution is -2.31. The molecule has 1 fully saturated rings. The van der Waals surface area contributed by atoms with E-state index in [9.17, 15) is 5.26 Å². The van der Waals surface area contributed by atoms with E-state index in [1.54, 1.807) is 0 Å². The second-order valence-electron chi connectivity index (χ2n) is 7.62. The smallest absolute Gasteiger partial charge is 0.0689 e. The normalized spacial score (nSPS) is 23.8. The van der Waals surface area contributed by atoms with Gasteiger partial charge in [-0.25, -0.2) is 0 Å². The van der Waals surface area contributed by atoms with Crippen LogP contribution in [0, 0.1) is 27.6 Å². The van der Waals surface area contributed by atoms with Crippen LogP contribution in [0.4, 0.5) is 0 Å². The van der Waals surface area contributed by atoms with Crippen molar-refractivity contribution in [1.29, 1.82) is 5.26 Å². The molecule has 0 amide bonds. The molecule has 1 saturated carbocycles. The Morgan fingerprint density at radius 2 is 1.56 bits per heavy atom. The quantitative estimate of drug-likeness (QED) is 0.649. The molecule has 0 heterocycles. The number of nitriles is 1. The Morgan fingerprint density at radius 3 is 1.94 bits per heavy atom.